The predicted molar refractivity (Wildman–Crippen MR) is 73.2 cm³/mol. The molecule has 1 aromatic rings. The molecule has 2 rings (SSSR count). The molecule has 16 heavy (non-hydrogen) atoms. The van der Waals surface area contributed by atoms with Gasteiger partial charge in [-0.15, -0.1) is 0 Å². The number of thioether (sulfide) groups is 1. The van der Waals surface area contributed by atoms with E-state index in [-0.39, 0.29) is 0 Å². The highest BCUT2D eigenvalue weighted by Gasteiger charge is 2.19. The van der Waals surface area contributed by atoms with Crippen molar-refractivity contribution in [1.29, 1.82) is 0 Å². The van der Waals surface area contributed by atoms with Crippen LogP contribution in [0.2, 0.25) is 5.02 Å². The SMILES string of the molecule is Clc1ccc(CSCCNCC2CC2)cc1. The van der Waals surface area contributed by atoms with Crippen molar-refractivity contribution in [3.05, 3.63) is 34.9 Å². The number of benzene rings is 1. The minimum Gasteiger partial charge on any atom is -0.316 e. The summed E-state index contributed by atoms with van der Waals surface area (Å²) in [6.07, 6.45) is 2.87. The molecule has 0 bridgehead atoms. The number of nitrogens with one attached hydrogen (secondary N) is 1. The maximum Gasteiger partial charge on any atom is 0.0406 e. The molecule has 3 heteroatoms. The molecular weight excluding hydrogens is 238 g/mol. The van der Waals surface area contributed by atoms with E-state index >= 15 is 0 Å². The highest BCUT2D eigenvalue weighted by molar-refractivity contribution is 7.98. The number of hydrogen-bond donors (Lipinski definition) is 1. The highest BCUT2D eigenvalue weighted by Crippen LogP contribution is 2.27. The van der Waals surface area contributed by atoms with Gasteiger partial charge in [0.2, 0.25) is 0 Å². The Morgan fingerprint density at radius 2 is 2.00 bits per heavy atom. The van der Waals surface area contributed by atoms with E-state index in [9.17, 15) is 0 Å². The van der Waals surface area contributed by atoms with Crippen molar-refractivity contribution >= 4 is 23.4 Å². The third-order valence-electron chi connectivity index (χ3n) is 2.74. The molecule has 1 fully saturated rings. The van der Waals surface area contributed by atoms with Gasteiger partial charge in [-0.25, -0.2) is 0 Å². The zero-order chi connectivity index (χ0) is 11.2. The van der Waals surface area contributed by atoms with E-state index in [4.69, 9.17) is 11.6 Å². The molecule has 1 aliphatic carbocycles. The van der Waals surface area contributed by atoms with Crippen molar-refractivity contribution in [2.24, 2.45) is 5.92 Å². The van der Waals surface area contributed by atoms with Gasteiger partial charge in [0.05, 0.1) is 0 Å². The zero-order valence-corrected chi connectivity index (χ0v) is 11.0. The summed E-state index contributed by atoms with van der Waals surface area (Å²) in [5.74, 6) is 3.26. The second-order valence-corrected chi connectivity index (χ2v) is 5.87. The Morgan fingerprint density at radius 3 is 2.69 bits per heavy atom. The fourth-order valence-corrected chi connectivity index (χ4v) is 2.53. The lowest BCUT2D eigenvalue weighted by molar-refractivity contribution is 0.666. The summed E-state index contributed by atoms with van der Waals surface area (Å²) in [5.41, 5.74) is 1.36. The molecule has 0 aromatic heterocycles. The average Bonchev–Trinajstić information content (AvgIpc) is 3.10. The number of hydrogen-bond acceptors (Lipinski definition) is 2. The molecule has 1 aliphatic rings. The lowest BCUT2D eigenvalue weighted by atomic mass is 10.2. The van der Waals surface area contributed by atoms with Gasteiger partial charge in [-0.2, -0.15) is 11.8 Å². The van der Waals surface area contributed by atoms with Crippen LogP contribution in [0.5, 0.6) is 0 Å². The topological polar surface area (TPSA) is 12.0 Å². The standard InChI is InChI=1S/C13H18ClNS/c14-13-5-3-12(4-6-13)10-16-8-7-15-9-11-1-2-11/h3-6,11,15H,1-2,7-10H2. The molecule has 0 spiro atoms. The van der Waals surface area contributed by atoms with Gasteiger partial charge in [0.15, 0.2) is 0 Å². The first kappa shape index (κ1) is 12.3. The molecule has 0 radical (unpaired) electrons. The van der Waals surface area contributed by atoms with Gasteiger partial charge < -0.3 is 5.32 Å². The van der Waals surface area contributed by atoms with E-state index in [2.05, 4.69) is 17.4 Å². The summed E-state index contributed by atoms with van der Waals surface area (Å²) in [4.78, 5) is 0. The summed E-state index contributed by atoms with van der Waals surface area (Å²) in [7, 11) is 0. The van der Waals surface area contributed by atoms with Crippen LogP contribution in [0, 0.1) is 5.92 Å². The van der Waals surface area contributed by atoms with Crippen molar-refractivity contribution in [1.82, 2.24) is 5.32 Å². The van der Waals surface area contributed by atoms with E-state index in [1.54, 1.807) is 0 Å². The fourth-order valence-electron chi connectivity index (χ4n) is 1.54. The molecule has 0 atom stereocenters. The maximum absolute atomic E-state index is 5.83. The second-order valence-electron chi connectivity index (χ2n) is 4.33. The summed E-state index contributed by atoms with van der Waals surface area (Å²) < 4.78 is 0. The van der Waals surface area contributed by atoms with Crippen LogP contribution in [0.15, 0.2) is 24.3 Å². The monoisotopic (exact) mass is 255 g/mol. The van der Waals surface area contributed by atoms with Gasteiger partial charge >= 0.3 is 0 Å². The molecule has 0 unspecified atom stereocenters. The molecule has 1 saturated carbocycles. The van der Waals surface area contributed by atoms with Gasteiger partial charge in [0.25, 0.3) is 0 Å². The van der Waals surface area contributed by atoms with Crippen molar-refractivity contribution in [3.8, 4) is 0 Å². The van der Waals surface area contributed by atoms with Crippen LogP contribution >= 0.6 is 23.4 Å². The summed E-state index contributed by atoms with van der Waals surface area (Å²) in [5, 5.41) is 4.32. The normalized spacial score (nSPS) is 15.3. The summed E-state index contributed by atoms with van der Waals surface area (Å²) in [6, 6.07) is 8.13. The van der Waals surface area contributed by atoms with Crippen LogP contribution in [0.1, 0.15) is 18.4 Å². The van der Waals surface area contributed by atoms with E-state index in [1.165, 1.54) is 30.7 Å². The zero-order valence-electron chi connectivity index (χ0n) is 9.42. The Labute approximate surface area is 107 Å². The van der Waals surface area contributed by atoms with Crippen LogP contribution in [0.3, 0.4) is 0 Å². The third-order valence-corrected chi connectivity index (χ3v) is 4.02. The van der Waals surface area contributed by atoms with Gasteiger partial charge in [-0.3, -0.25) is 0 Å². The quantitative estimate of drug-likeness (QED) is 0.748. The van der Waals surface area contributed by atoms with Crippen molar-refractivity contribution in [2.75, 3.05) is 18.8 Å². The Bertz CT molecular complexity index is 308. The third kappa shape index (κ3) is 4.77. The first-order chi connectivity index (χ1) is 7.84. The predicted octanol–water partition coefficient (Wildman–Crippen LogP) is 3.57. The first-order valence-electron chi connectivity index (χ1n) is 5.87. The molecule has 0 saturated heterocycles. The Morgan fingerprint density at radius 1 is 1.25 bits per heavy atom. The largest absolute Gasteiger partial charge is 0.316 e. The molecule has 1 aromatic carbocycles. The first-order valence-corrected chi connectivity index (χ1v) is 7.41. The van der Waals surface area contributed by atoms with Crippen LogP contribution in [0.4, 0.5) is 0 Å². The van der Waals surface area contributed by atoms with E-state index in [0.717, 1.165) is 23.2 Å². The minimum absolute atomic E-state index is 0.819. The smallest absolute Gasteiger partial charge is 0.0406 e. The highest BCUT2D eigenvalue weighted by atomic mass is 35.5. The Balaban J connectivity index is 1.51. The van der Waals surface area contributed by atoms with E-state index in [0.29, 0.717) is 0 Å². The lowest BCUT2D eigenvalue weighted by Crippen LogP contribution is -2.19. The molecule has 0 aliphatic heterocycles. The van der Waals surface area contributed by atoms with Gasteiger partial charge in [-0.1, -0.05) is 23.7 Å². The molecular formula is C13H18ClNS. The van der Waals surface area contributed by atoms with Gasteiger partial charge in [0, 0.05) is 23.1 Å². The summed E-state index contributed by atoms with van der Waals surface area (Å²) in [6.45, 7) is 2.36. The molecule has 1 N–H and O–H groups in total. The maximum atomic E-state index is 5.83. The molecule has 88 valence electrons. The molecule has 0 heterocycles. The van der Waals surface area contributed by atoms with E-state index in [1.807, 2.05) is 23.9 Å². The van der Waals surface area contributed by atoms with Gasteiger partial charge in [-0.05, 0) is 43.0 Å². The second kappa shape index (κ2) is 6.53. The Hall–Kier alpha value is -0.180. The summed E-state index contributed by atoms with van der Waals surface area (Å²) >= 11 is 7.81. The number of halogens is 1. The van der Waals surface area contributed by atoms with Crippen molar-refractivity contribution in [2.45, 2.75) is 18.6 Å². The lowest BCUT2D eigenvalue weighted by Gasteiger charge is -2.04. The van der Waals surface area contributed by atoms with Gasteiger partial charge in [0.1, 0.15) is 0 Å². The molecule has 0 amide bonds. The van der Waals surface area contributed by atoms with Crippen LogP contribution in [0.25, 0.3) is 0 Å². The van der Waals surface area contributed by atoms with Crippen molar-refractivity contribution < 1.29 is 0 Å². The van der Waals surface area contributed by atoms with Crippen LogP contribution < -0.4 is 5.32 Å². The Kier molecular flexibility index (Phi) is 5.01. The average molecular weight is 256 g/mol. The fraction of sp³-hybridized carbons (Fsp3) is 0.538. The minimum atomic E-state index is 0.819. The van der Waals surface area contributed by atoms with Crippen molar-refractivity contribution in [3.63, 3.8) is 0 Å². The van der Waals surface area contributed by atoms with Crippen LogP contribution in [-0.4, -0.2) is 18.8 Å². The number of rotatable bonds is 7. The van der Waals surface area contributed by atoms with E-state index < -0.39 is 0 Å². The van der Waals surface area contributed by atoms with Crippen LogP contribution in [-0.2, 0) is 5.75 Å². The molecule has 1 nitrogen and oxygen atoms in total.